The minimum absolute atomic E-state index is 0.428. The summed E-state index contributed by atoms with van der Waals surface area (Å²) < 4.78 is 2.14. The monoisotopic (exact) mass is 228 g/mol. The van der Waals surface area contributed by atoms with Crippen molar-refractivity contribution in [1.29, 1.82) is 0 Å². The topological polar surface area (TPSA) is 42.7 Å². The lowest BCUT2D eigenvalue weighted by molar-refractivity contribution is 0.614. The first-order valence-electron chi connectivity index (χ1n) is 6.03. The summed E-state index contributed by atoms with van der Waals surface area (Å²) in [5.74, 6) is 0. The van der Waals surface area contributed by atoms with Crippen LogP contribution in [0.25, 0.3) is 5.69 Å². The normalized spacial score (nSPS) is 19.7. The summed E-state index contributed by atoms with van der Waals surface area (Å²) in [6.45, 7) is 3.20. The molecule has 0 aromatic carbocycles. The maximum Gasteiger partial charge on any atom is 0.0995 e. The van der Waals surface area contributed by atoms with Gasteiger partial charge in [0, 0.05) is 12.2 Å². The molecule has 0 amide bonds. The Balaban J connectivity index is 2.04. The Morgan fingerprint density at radius 3 is 3.06 bits per heavy atom. The van der Waals surface area contributed by atoms with Gasteiger partial charge in [0.05, 0.1) is 30.1 Å². The first-order chi connectivity index (χ1) is 8.36. The molecule has 1 atom stereocenters. The number of nitrogens with one attached hydrogen (secondary N) is 1. The van der Waals surface area contributed by atoms with Gasteiger partial charge < -0.3 is 5.32 Å². The van der Waals surface area contributed by atoms with Crippen molar-refractivity contribution < 1.29 is 0 Å². The van der Waals surface area contributed by atoms with Crippen LogP contribution in [0.2, 0.25) is 0 Å². The molecule has 1 fully saturated rings. The molecular weight excluding hydrogens is 212 g/mol. The predicted octanol–water partition coefficient (Wildman–Crippen LogP) is 2.00. The predicted molar refractivity (Wildman–Crippen MR) is 66.1 cm³/mol. The van der Waals surface area contributed by atoms with E-state index in [4.69, 9.17) is 0 Å². The van der Waals surface area contributed by atoms with Crippen LogP contribution in [0.3, 0.4) is 0 Å². The molecule has 0 saturated carbocycles. The van der Waals surface area contributed by atoms with Crippen molar-refractivity contribution in [3.63, 3.8) is 0 Å². The van der Waals surface area contributed by atoms with Crippen LogP contribution in [0, 0.1) is 6.92 Å². The molecule has 0 spiro atoms. The van der Waals surface area contributed by atoms with Crippen LogP contribution in [0.5, 0.6) is 0 Å². The molecule has 3 rings (SSSR count). The third-order valence-electron chi connectivity index (χ3n) is 3.36. The summed E-state index contributed by atoms with van der Waals surface area (Å²) >= 11 is 0. The third-order valence-corrected chi connectivity index (χ3v) is 3.36. The van der Waals surface area contributed by atoms with Crippen molar-refractivity contribution in [3.8, 4) is 5.69 Å². The zero-order valence-electron chi connectivity index (χ0n) is 9.93. The Bertz CT molecular complexity index is 512. The molecule has 1 aliphatic heterocycles. The molecule has 3 heterocycles. The van der Waals surface area contributed by atoms with E-state index < -0.39 is 0 Å². The van der Waals surface area contributed by atoms with E-state index in [-0.39, 0.29) is 0 Å². The molecule has 1 aliphatic rings. The Morgan fingerprint density at radius 2 is 2.29 bits per heavy atom. The Morgan fingerprint density at radius 1 is 1.35 bits per heavy atom. The summed E-state index contributed by atoms with van der Waals surface area (Å²) in [6, 6.07) is 2.46. The van der Waals surface area contributed by atoms with E-state index >= 15 is 0 Å². The number of aromatic nitrogens is 3. The number of rotatable bonds is 2. The Kier molecular flexibility index (Phi) is 2.65. The highest BCUT2D eigenvalue weighted by Crippen LogP contribution is 2.25. The van der Waals surface area contributed by atoms with Gasteiger partial charge in [-0.2, -0.15) is 0 Å². The minimum Gasteiger partial charge on any atom is -0.309 e. The van der Waals surface area contributed by atoms with E-state index in [1.807, 2.05) is 31.0 Å². The molecule has 1 saturated heterocycles. The SMILES string of the molecule is Cc1ccncc1-n1cncc1C1CCCN1. The van der Waals surface area contributed by atoms with Gasteiger partial charge in [-0.1, -0.05) is 0 Å². The zero-order valence-corrected chi connectivity index (χ0v) is 9.93. The molecule has 4 heteroatoms. The number of pyridine rings is 1. The highest BCUT2D eigenvalue weighted by atomic mass is 15.1. The molecule has 0 bridgehead atoms. The van der Waals surface area contributed by atoms with Crippen molar-refractivity contribution in [3.05, 3.63) is 42.2 Å². The fourth-order valence-corrected chi connectivity index (χ4v) is 2.41. The standard InChI is InChI=1S/C13H16N4/c1-10-4-6-14-7-12(10)17-9-15-8-13(17)11-3-2-5-16-11/h4,6-9,11,16H,2-3,5H2,1H3. The Labute approximate surface area is 101 Å². The van der Waals surface area contributed by atoms with Crippen molar-refractivity contribution >= 4 is 0 Å². The summed E-state index contributed by atoms with van der Waals surface area (Å²) in [6.07, 6.45) is 9.97. The van der Waals surface area contributed by atoms with E-state index in [0.717, 1.165) is 12.2 Å². The fraction of sp³-hybridized carbons (Fsp3) is 0.385. The van der Waals surface area contributed by atoms with Crippen LogP contribution in [0.1, 0.15) is 30.1 Å². The average Bonchev–Trinajstić information content (AvgIpc) is 3.00. The molecule has 2 aromatic rings. The van der Waals surface area contributed by atoms with Crippen molar-refractivity contribution in [2.75, 3.05) is 6.54 Å². The lowest BCUT2D eigenvalue weighted by atomic mass is 10.1. The highest BCUT2D eigenvalue weighted by Gasteiger charge is 2.20. The average molecular weight is 228 g/mol. The van der Waals surface area contributed by atoms with Crippen molar-refractivity contribution in [2.45, 2.75) is 25.8 Å². The second kappa shape index (κ2) is 4.30. The lowest BCUT2D eigenvalue weighted by Crippen LogP contribution is -2.16. The highest BCUT2D eigenvalue weighted by molar-refractivity contribution is 5.39. The number of hydrogen-bond donors (Lipinski definition) is 1. The third kappa shape index (κ3) is 1.85. The molecule has 2 aromatic heterocycles. The number of hydrogen-bond acceptors (Lipinski definition) is 3. The molecule has 1 unspecified atom stereocenters. The summed E-state index contributed by atoms with van der Waals surface area (Å²) in [4.78, 5) is 8.48. The van der Waals surface area contributed by atoms with Crippen LogP contribution in [0.15, 0.2) is 31.0 Å². The second-order valence-corrected chi connectivity index (χ2v) is 4.50. The van der Waals surface area contributed by atoms with Crippen molar-refractivity contribution in [1.82, 2.24) is 19.9 Å². The maximum atomic E-state index is 4.28. The van der Waals surface area contributed by atoms with Gasteiger partial charge >= 0.3 is 0 Å². The van der Waals surface area contributed by atoms with Gasteiger partial charge in [0.15, 0.2) is 0 Å². The first kappa shape index (κ1) is 10.5. The van der Waals surface area contributed by atoms with E-state index in [1.165, 1.54) is 24.1 Å². The van der Waals surface area contributed by atoms with Gasteiger partial charge in [0.1, 0.15) is 0 Å². The van der Waals surface area contributed by atoms with Crippen LogP contribution < -0.4 is 5.32 Å². The summed E-state index contributed by atoms with van der Waals surface area (Å²) in [5, 5.41) is 3.51. The largest absolute Gasteiger partial charge is 0.309 e. The van der Waals surface area contributed by atoms with Crippen molar-refractivity contribution in [2.24, 2.45) is 0 Å². The number of aryl methyl sites for hydroxylation is 1. The Hall–Kier alpha value is -1.68. The first-order valence-corrected chi connectivity index (χ1v) is 6.03. The fourth-order valence-electron chi connectivity index (χ4n) is 2.41. The van der Waals surface area contributed by atoms with Gasteiger partial charge in [-0.15, -0.1) is 0 Å². The van der Waals surface area contributed by atoms with Gasteiger partial charge in [-0.05, 0) is 37.9 Å². The zero-order chi connectivity index (χ0) is 11.7. The van der Waals surface area contributed by atoms with E-state index in [1.54, 1.807) is 0 Å². The van der Waals surface area contributed by atoms with Gasteiger partial charge in [-0.3, -0.25) is 9.55 Å². The smallest absolute Gasteiger partial charge is 0.0995 e. The number of imidazole rings is 1. The van der Waals surface area contributed by atoms with Crippen LogP contribution in [0.4, 0.5) is 0 Å². The number of nitrogens with zero attached hydrogens (tertiary/aromatic N) is 3. The van der Waals surface area contributed by atoms with Crippen LogP contribution >= 0.6 is 0 Å². The molecule has 0 radical (unpaired) electrons. The van der Waals surface area contributed by atoms with E-state index in [2.05, 4.69) is 26.8 Å². The molecule has 17 heavy (non-hydrogen) atoms. The van der Waals surface area contributed by atoms with Crippen LogP contribution in [-0.4, -0.2) is 21.1 Å². The van der Waals surface area contributed by atoms with Crippen LogP contribution in [-0.2, 0) is 0 Å². The minimum atomic E-state index is 0.428. The summed E-state index contributed by atoms with van der Waals surface area (Å²) in [7, 11) is 0. The molecular formula is C13H16N4. The van der Waals surface area contributed by atoms with Gasteiger partial charge in [0.25, 0.3) is 0 Å². The van der Waals surface area contributed by atoms with Gasteiger partial charge in [-0.25, -0.2) is 4.98 Å². The molecule has 0 aliphatic carbocycles. The second-order valence-electron chi connectivity index (χ2n) is 4.50. The molecule has 88 valence electrons. The maximum absolute atomic E-state index is 4.28. The van der Waals surface area contributed by atoms with E-state index in [0.29, 0.717) is 6.04 Å². The molecule has 4 nitrogen and oxygen atoms in total. The quantitative estimate of drug-likeness (QED) is 0.855. The molecule has 1 N–H and O–H groups in total. The van der Waals surface area contributed by atoms with Gasteiger partial charge in [0.2, 0.25) is 0 Å². The lowest BCUT2D eigenvalue weighted by Gasteiger charge is -2.15. The summed E-state index contributed by atoms with van der Waals surface area (Å²) in [5.41, 5.74) is 3.57. The van der Waals surface area contributed by atoms with E-state index in [9.17, 15) is 0 Å².